The maximum absolute atomic E-state index is 10.7. The van der Waals surface area contributed by atoms with Crippen LogP contribution in [-0.2, 0) is 0 Å². The number of benzene rings is 4. The molecule has 0 aliphatic rings. The van der Waals surface area contributed by atoms with Gasteiger partial charge in [-0.15, -0.1) is 0 Å². The van der Waals surface area contributed by atoms with E-state index >= 15 is 0 Å². The molecular weight excluding hydrogens is 432 g/mol. The summed E-state index contributed by atoms with van der Waals surface area (Å²) in [5.41, 5.74) is 8.41. The van der Waals surface area contributed by atoms with Crippen molar-refractivity contribution >= 4 is 27.8 Å². The highest BCUT2D eigenvalue weighted by molar-refractivity contribution is 5.98. The smallest absolute Gasteiger partial charge is 0.220 e. The van der Waals surface area contributed by atoms with E-state index < -0.39 is 0 Å². The predicted molar refractivity (Wildman–Crippen MR) is 140 cm³/mol. The summed E-state index contributed by atoms with van der Waals surface area (Å²) in [6.45, 7) is 0. The molecule has 0 atom stereocenters. The van der Waals surface area contributed by atoms with Gasteiger partial charge in [-0.2, -0.15) is 0 Å². The topological polar surface area (TPSA) is 55.4 Å². The van der Waals surface area contributed by atoms with Crippen LogP contribution in [0, 0.1) is 0 Å². The van der Waals surface area contributed by atoms with Gasteiger partial charge in [-0.1, -0.05) is 72.8 Å². The predicted octanol–water partition coefficient (Wildman–Crippen LogP) is 6.87. The molecule has 0 aliphatic carbocycles. The zero-order valence-electron chi connectivity index (χ0n) is 18.7. The average molecular weight is 453 g/mol. The number of aromatic hydroxyl groups is 1. The zero-order chi connectivity index (χ0) is 23.4. The third-order valence-electron chi connectivity index (χ3n) is 6.45. The first-order valence-electron chi connectivity index (χ1n) is 11.5. The average Bonchev–Trinajstić information content (AvgIpc) is 3.44. The van der Waals surface area contributed by atoms with Crippen molar-refractivity contribution in [3.8, 4) is 34.0 Å². The fourth-order valence-electron chi connectivity index (χ4n) is 4.88. The van der Waals surface area contributed by atoms with Crippen molar-refractivity contribution in [1.29, 1.82) is 0 Å². The van der Waals surface area contributed by atoms with Crippen LogP contribution in [0.1, 0.15) is 0 Å². The first kappa shape index (κ1) is 19.6. The quantitative estimate of drug-likeness (QED) is 0.318. The van der Waals surface area contributed by atoms with E-state index in [0.717, 1.165) is 50.4 Å². The molecule has 7 aromatic rings. The summed E-state index contributed by atoms with van der Waals surface area (Å²) in [5.74, 6) is 0.953. The lowest BCUT2D eigenvalue weighted by Crippen LogP contribution is -1.95. The Labute approximate surface area is 201 Å². The number of nitrogens with zero attached hydrogens (tertiary/aromatic N) is 4. The fourth-order valence-corrected chi connectivity index (χ4v) is 4.88. The van der Waals surface area contributed by atoms with E-state index in [0.29, 0.717) is 5.69 Å². The first-order valence-corrected chi connectivity index (χ1v) is 11.5. The monoisotopic (exact) mass is 452 g/mol. The largest absolute Gasteiger partial charge is 0.506 e. The number of pyridine rings is 1. The molecule has 5 heteroatoms. The van der Waals surface area contributed by atoms with E-state index in [4.69, 9.17) is 9.97 Å². The molecule has 1 N–H and O–H groups in total. The lowest BCUT2D eigenvalue weighted by molar-refractivity contribution is 0.473. The second kappa shape index (κ2) is 7.57. The SMILES string of the molecule is Oc1ccccc1-n1c2ccccc2n2c3cccc(-c4cccc(-c5ccccc5)n4)c3nc12. The van der Waals surface area contributed by atoms with Gasteiger partial charge in [-0.05, 0) is 42.5 Å². The molecular formula is C30H20N4O. The minimum Gasteiger partial charge on any atom is -0.506 e. The minimum atomic E-state index is 0.209. The number of rotatable bonds is 3. The van der Waals surface area contributed by atoms with Gasteiger partial charge in [0.25, 0.3) is 0 Å². The normalized spacial score (nSPS) is 11.5. The van der Waals surface area contributed by atoms with Crippen molar-refractivity contribution in [2.75, 3.05) is 0 Å². The molecule has 0 unspecified atom stereocenters. The maximum Gasteiger partial charge on any atom is 0.220 e. The number of aromatic nitrogens is 4. The summed E-state index contributed by atoms with van der Waals surface area (Å²) in [7, 11) is 0. The zero-order valence-corrected chi connectivity index (χ0v) is 18.7. The van der Waals surface area contributed by atoms with E-state index in [-0.39, 0.29) is 5.75 Å². The fraction of sp³-hybridized carbons (Fsp3) is 0. The maximum atomic E-state index is 10.7. The van der Waals surface area contributed by atoms with Crippen molar-refractivity contribution in [2.45, 2.75) is 0 Å². The lowest BCUT2D eigenvalue weighted by atomic mass is 10.1. The summed E-state index contributed by atoms with van der Waals surface area (Å²) in [6.07, 6.45) is 0. The minimum absolute atomic E-state index is 0.209. The van der Waals surface area contributed by atoms with Gasteiger partial charge in [-0.25, -0.2) is 9.97 Å². The highest BCUT2D eigenvalue weighted by Gasteiger charge is 2.20. The molecule has 4 aromatic carbocycles. The lowest BCUT2D eigenvalue weighted by Gasteiger charge is -2.07. The summed E-state index contributed by atoms with van der Waals surface area (Å²) in [5, 5.41) is 10.7. The number of para-hydroxylation sites is 5. The van der Waals surface area contributed by atoms with Crippen molar-refractivity contribution in [2.24, 2.45) is 0 Å². The van der Waals surface area contributed by atoms with Gasteiger partial charge in [0.05, 0.1) is 33.6 Å². The molecule has 3 aromatic heterocycles. The molecule has 7 rings (SSSR count). The Morgan fingerprint density at radius 2 is 1.23 bits per heavy atom. The molecule has 35 heavy (non-hydrogen) atoms. The van der Waals surface area contributed by atoms with Crippen molar-refractivity contribution in [3.05, 3.63) is 115 Å². The van der Waals surface area contributed by atoms with Crippen LogP contribution in [0.15, 0.2) is 115 Å². The molecule has 0 saturated carbocycles. The van der Waals surface area contributed by atoms with Crippen LogP contribution in [0.2, 0.25) is 0 Å². The summed E-state index contributed by atoms with van der Waals surface area (Å²) in [4.78, 5) is 10.1. The van der Waals surface area contributed by atoms with Crippen LogP contribution in [0.4, 0.5) is 0 Å². The van der Waals surface area contributed by atoms with E-state index in [1.165, 1.54) is 0 Å². The van der Waals surface area contributed by atoms with Crippen molar-refractivity contribution in [1.82, 2.24) is 18.9 Å². The molecule has 3 heterocycles. The van der Waals surface area contributed by atoms with E-state index in [1.807, 2.05) is 71.3 Å². The molecule has 0 saturated heterocycles. The van der Waals surface area contributed by atoms with Crippen molar-refractivity contribution < 1.29 is 5.11 Å². The van der Waals surface area contributed by atoms with E-state index in [1.54, 1.807) is 6.07 Å². The summed E-state index contributed by atoms with van der Waals surface area (Å²) >= 11 is 0. The van der Waals surface area contributed by atoms with Gasteiger partial charge in [0.1, 0.15) is 11.3 Å². The van der Waals surface area contributed by atoms with E-state index in [9.17, 15) is 5.11 Å². The Morgan fingerprint density at radius 1 is 0.543 bits per heavy atom. The number of phenols is 1. The summed E-state index contributed by atoms with van der Waals surface area (Å²) in [6, 6.07) is 38.0. The number of hydrogen-bond donors (Lipinski definition) is 1. The second-order valence-corrected chi connectivity index (χ2v) is 8.51. The Hall–Kier alpha value is -4.90. The Balaban J connectivity index is 1.53. The number of imidazole rings is 2. The number of hydrogen-bond acceptors (Lipinski definition) is 3. The Kier molecular flexibility index (Phi) is 4.23. The van der Waals surface area contributed by atoms with Crippen molar-refractivity contribution in [3.63, 3.8) is 0 Å². The third kappa shape index (κ3) is 2.95. The molecule has 0 bridgehead atoms. The van der Waals surface area contributed by atoms with Gasteiger partial charge < -0.3 is 5.11 Å². The molecule has 0 fully saturated rings. The van der Waals surface area contributed by atoms with Crippen LogP contribution in [0.25, 0.3) is 56.0 Å². The molecule has 0 spiro atoms. The van der Waals surface area contributed by atoms with Crippen LogP contribution in [0.3, 0.4) is 0 Å². The van der Waals surface area contributed by atoms with Crippen LogP contribution >= 0.6 is 0 Å². The second-order valence-electron chi connectivity index (χ2n) is 8.51. The molecule has 0 amide bonds. The van der Waals surface area contributed by atoms with Crippen LogP contribution in [0.5, 0.6) is 5.75 Å². The standard InChI is InChI=1S/C30H20N4O/c35-28-19-7-6-17-26(28)33-24-15-4-5-16-25(24)34-27-18-8-12-21(29(27)32-30(33)34)23-14-9-13-22(31-23)20-10-2-1-3-11-20/h1-19,35H. The third-order valence-corrected chi connectivity index (χ3v) is 6.45. The molecule has 0 aliphatic heterocycles. The Bertz CT molecular complexity index is 1860. The number of fused-ring (bicyclic) bond motifs is 5. The van der Waals surface area contributed by atoms with Gasteiger partial charge in [0.15, 0.2) is 0 Å². The number of phenolic OH excluding ortho intramolecular Hbond substituents is 1. The van der Waals surface area contributed by atoms with Crippen LogP contribution in [-0.4, -0.2) is 24.0 Å². The highest BCUT2D eigenvalue weighted by atomic mass is 16.3. The highest BCUT2D eigenvalue weighted by Crippen LogP contribution is 2.35. The van der Waals surface area contributed by atoms with E-state index in [2.05, 4.69) is 46.9 Å². The molecule has 166 valence electrons. The van der Waals surface area contributed by atoms with Gasteiger partial charge >= 0.3 is 0 Å². The molecule has 0 radical (unpaired) electrons. The first-order chi connectivity index (χ1) is 17.3. The Morgan fingerprint density at radius 3 is 2.09 bits per heavy atom. The van der Waals surface area contributed by atoms with Gasteiger partial charge in [0, 0.05) is 11.1 Å². The summed E-state index contributed by atoms with van der Waals surface area (Å²) < 4.78 is 4.17. The molecule has 5 nitrogen and oxygen atoms in total. The van der Waals surface area contributed by atoms with Gasteiger partial charge in [-0.3, -0.25) is 8.97 Å². The van der Waals surface area contributed by atoms with Gasteiger partial charge in [0.2, 0.25) is 5.78 Å². The van der Waals surface area contributed by atoms with Crippen LogP contribution < -0.4 is 0 Å².